The summed E-state index contributed by atoms with van der Waals surface area (Å²) >= 11 is 0. The molecule has 4 heteroatoms. The van der Waals surface area contributed by atoms with E-state index in [4.69, 9.17) is 4.74 Å². The van der Waals surface area contributed by atoms with Crippen molar-refractivity contribution in [3.63, 3.8) is 0 Å². The monoisotopic (exact) mass is 281 g/mol. The molecule has 0 radical (unpaired) electrons. The van der Waals surface area contributed by atoms with Crippen LogP contribution in [0.15, 0.2) is 18.2 Å². The fraction of sp³-hybridized carbons (Fsp3) is 0.625. The van der Waals surface area contributed by atoms with E-state index in [-0.39, 0.29) is 5.75 Å². The van der Waals surface area contributed by atoms with Crippen LogP contribution in [0.5, 0.6) is 5.75 Å². The summed E-state index contributed by atoms with van der Waals surface area (Å²) in [7, 11) is 0. The maximum Gasteiger partial charge on any atom is 0.190 e. The van der Waals surface area contributed by atoms with E-state index in [2.05, 4.69) is 4.90 Å². The molecule has 2 aliphatic heterocycles. The summed E-state index contributed by atoms with van der Waals surface area (Å²) in [6, 6.07) is 4.38. The van der Waals surface area contributed by atoms with Crippen molar-refractivity contribution in [3.05, 3.63) is 29.8 Å². The molecule has 2 heterocycles. The first-order valence-electron chi connectivity index (χ1n) is 7.56. The molecule has 2 fully saturated rings. The maximum absolute atomic E-state index is 13.6. The second kappa shape index (κ2) is 6.08. The number of nitrogens with zero attached hydrogens (tertiary/aromatic N) is 1. The van der Waals surface area contributed by atoms with E-state index >= 15 is 0 Å². The van der Waals surface area contributed by atoms with Gasteiger partial charge in [0.15, 0.2) is 17.4 Å². The van der Waals surface area contributed by atoms with Crippen molar-refractivity contribution in [1.82, 2.24) is 4.90 Å². The Labute approximate surface area is 118 Å². The minimum absolute atomic E-state index is 0.222. The second-order valence-electron chi connectivity index (χ2n) is 5.86. The van der Waals surface area contributed by atoms with Gasteiger partial charge in [-0.15, -0.1) is 0 Å². The highest BCUT2D eigenvalue weighted by Gasteiger charge is 2.33. The summed E-state index contributed by atoms with van der Waals surface area (Å²) in [5.74, 6) is -1.05. The van der Waals surface area contributed by atoms with Crippen LogP contribution in [0.2, 0.25) is 0 Å². The minimum atomic E-state index is -0.610. The van der Waals surface area contributed by atoms with Gasteiger partial charge < -0.3 is 4.74 Å². The molecule has 0 aliphatic carbocycles. The maximum atomic E-state index is 13.6. The molecule has 110 valence electrons. The molecular formula is C16H21F2NO. The number of benzene rings is 1. The van der Waals surface area contributed by atoms with Crippen LogP contribution in [0.4, 0.5) is 8.78 Å². The third kappa shape index (κ3) is 2.80. The van der Waals surface area contributed by atoms with Crippen LogP contribution in [0.25, 0.3) is 0 Å². The van der Waals surface area contributed by atoms with E-state index in [9.17, 15) is 8.78 Å². The largest absolute Gasteiger partial charge is 0.487 e. The highest BCUT2D eigenvalue weighted by molar-refractivity contribution is 5.26. The van der Waals surface area contributed by atoms with Crippen molar-refractivity contribution < 1.29 is 13.5 Å². The van der Waals surface area contributed by atoms with E-state index in [0.717, 1.165) is 25.9 Å². The van der Waals surface area contributed by atoms with Crippen LogP contribution in [0.1, 0.15) is 32.1 Å². The number of para-hydroxylation sites is 1. The van der Waals surface area contributed by atoms with Crippen LogP contribution in [-0.4, -0.2) is 30.6 Å². The molecule has 0 aromatic heterocycles. The molecule has 0 spiro atoms. The van der Waals surface area contributed by atoms with Crippen LogP contribution >= 0.6 is 0 Å². The predicted molar refractivity (Wildman–Crippen MR) is 73.8 cm³/mol. The zero-order valence-electron chi connectivity index (χ0n) is 11.7. The predicted octanol–water partition coefficient (Wildman–Crippen LogP) is 3.61. The summed E-state index contributed by atoms with van der Waals surface area (Å²) in [4.78, 5) is 2.53. The molecule has 3 rings (SSSR count). The average molecular weight is 281 g/mol. The number of rotatable bonds is 3. The van der Waals surface area contributed by atoms with Crippen molar-refractivity contribution >= 4 is 0 Å². The Morgan fingerprint density at radius 1 is 1.05 bits per heavy atom. The molecule has 0 N–H and O–H groups in total. The van der Waals surface area contributed by atoms with Crippen molar-refractivity contribution in [3.8, 4) is 5.75 Å². The van der Waals surface area contributed by atoms with E-state index in [1.54, 1.807) is 0 Å². The summed E-state index contributed by atoms with van der Waals surface area (Å²) in [6.45, 7) is 2.74. The minimum Gasteiger partial charge on any atom is -0.487 e. The van der Waals surface area contributed by atoms with Crippen molar-refractivity contribution in [2.75, 3.05) is 19.7 Å². The first-order chi connectivity index (χ1) is 9.75. The molecule has 2 aliphatic rings. The van der Waals surface area contributed by atoms with Crippen LogP contribution < -0.4 is 4.74 Å². The summed E-state index contributed by atoms with van der Waals surface area (Å²) in [5.41, 5.74) is 0. The Balaban J connectivity index is 1.65. The van der Waals surface area contributed by atoms with Crippen molar-refractivity contribution in [2.45, 2.75) is 38.1 Å². The molecule has 2 atom stereocenters. The molecule has 0 amide bonds. The average Bonchev–Trinajstić information content (AvgIpc) is 2.47. The fourth-order valence-electron chi connectivity index (χ4n) is 3.58. The zero-order valence-corrected chi connectivity index (χ0v) is 11.7. The van der Waals surface area contributed by atoms with Crippen molar-refractivity contribution in [1.29, 1.82) is 0 Å². The van der Waals surface area contributed by atoms with Gasteiger partial charge in [-0.25, -0.2) is 8.78 Å². The lowest BCUT2D eigenvalue weighted by Gasteiger charge is -2.44. The van der Waals surface area contributed by atoms with Gasteiger partial charge in [-0.3, -0.25) is 4.90 Å². The number of ether oxygens (including phenoxy) is 1. The number of halogens is 2. The van der Waals surface area contributed by atoms with Crippen LogP contribution in [0, 0.1) is 17.6 Å². The normalized spacial score (nSPS) is 27.1. The SMILES string of the molecule is Fc1cccc(F)c1OC[C@@H]1CCCN2CCCC[C@H]12. The Kier molecular flexibility index (Phi) is 4.20. The first kappa shape index (κ1) is 13.8. The molecule has 1 aromatic carbocycles. The molecule has 2 nitrogen and oxygen atoms in total. The van der Waals surface area contributed by atoms with Gasteiger partial charge in [0.25, 0.3) is 0 Å². The summed E-state index contributed by atoms with van der Waals surface area (Å²) in [6.07, 6.45) is 5.97. The Hall–Kier alpha value is -1.16. The van der Waals surface area contributed by atoms with E-state index in [1.165, 1.54) is 37.5 Å². The highest BCUT2D eigenvalue weighted by Crippen LogP contribution is 2.32. The molecule has 0 bridgehead atoms. The fourth-order valence-corrected chi connectivity index (χ4v) is 3.58. The van der Waals surface area contributed by atoms with Crippen LogP contribution in [0.3, 0.4) is 0 Å². The third-order valence-electron chi connectivity index (χ3n) is 4.59. The number of fused-ring (bicyclic) bond motifs is 1. The van der Waals surface area contributed by atoms with Gasteiger partial charge in [-0.1, -0.05) is 12.5 Å². The van der Waals surface area contributed by atoms with E-state index < -0.39 is 11.6 Å². The Morgan fingerprint density at radius 2 is 1.80 bits per heavy atom. The Bertz CT molecular complexity index is 444. The second-order valence-corrected chi connectivity index (χ2v) is 5.86. The van der Waals surface area contributed by atoms with Gasteiger partial charge in [-0.05, 0) is 50.9 Å². The zero-order chi connectivity index (χ0) is 13.9. The van der Waals surface area contributed by atoms with Gasteiger partial charge in [0.2, 0.25) is 0 Å². The smallest absolute Gasteiger partial charge is 0.190 e. The molecule has 20 heavy (non-hydrogen) atoms. The van der Waals surface area contributed by atoms with E-state index in [1.807, 2.05) is 0 Å². The molecule has 1 aromatic rings. The summed E-state index contributed by atoms with van der Waals surface area (Å²) in [5, 5.41) is 0. The van der Waals surface area contributed by atoms with Gasteiger partial charge in [0.05, 0.1) is 6.61 Å². The van der Waals surface area contributed by atoms with Gasteiger partial charge in [0.1, 0.15) is 0 Å². The van der Waals surface area contributed by atoms with Gasteiger partial charge in [0, 0.05) is 12.0 Å². The standard InChI is InChI=1S/C16H21F2NO/c17-13-6-3-7-14(18)16(13)20-11-12-5-4-10-19-9-2-1-8-15(12)19/h3,6-7,12,15H,1-2,4-5,8-11H2/t12-,15+/m0/s1. The van der Waals surface area contributed by atoms with E-state index in [0.29, 0.717) is 18.6 Å². The third-order valence-corrected chi connectivity index (χ3v) is 4.59. The van der Waals surface area contributed by atoms with Gasteiger partial charge >= 0.3 is 0 Å². The molecule has 0 saturated carbocycles. The lowest BCUT2D eigenvalue weighted by molar-refractivity contribution is 0.0350. The van der Waals surface area contributed by atoms with Crippen molar-refractivity contribution in [2.24, 2.45) is 5.92 Å². The topological polar surface area (TPSA) is 12.5 Å². The van der Waals surface area contributed by atoms with Crippen LogP contribution in [-0.2, 0) is 0 Å². The lowest BCUT2D eigenvalue weighted by atomic mass is 9.84. The first-order valence-corrected chi connectivity index (χ1v) is 7.56. The lowest BCUT2D eigenvalue weighted by Crippen LogP contribution is -2.49. The molecule has 0 unspecified atom stereocenters. The quantitative estimate of drug-likeness (QED) is 0.839. The molecular weight excluding hydrogens is 260 g/mol. The Morgan fingerprint density at radius 3 is 2.60 bits per heavy atom. The number of piperidine rings is 2. The summed E-state index contributed by atoms with van der Waals surface area (Å²) < 4.78 is 32.6. The number of hydrogen-bond acceptors (Lipinski definition) is 2. The van der Waals surface area contributed by atoms with Gasteiger partial charge in [-0.2, -0.15) is 0 Å². The highest BCUT2D eigenvalue weighted by atomic mass is 19.1. The molecule has 2 saturated heterocycles. The number of hydrogen-bond donors (Lipinski definition) is 0.